The largest absolute Gasteiger partial charge is 0.497 e. The highest BCUT2D eigenvalue weighted by Crippen LogP contribution is 2.19. The Hall–Kier alpha value is -3.87. The Morgan fingerprint density at radius 2 is 1.94 bits per heavy atom. The molecule has 4 rings (SSSR count). The fourth-order valence-electron chi connectivity index (χ4n) is 3.63. The van der Waals surface area contributed by atoms with E-state index >= 15 is 0 Å². The number of fused-ring (bicyclic) bond motifs is 1. The summed E-state index contributed by atoms with van der Waals surface area (Å²) in [5, 5.41) is 6.07. The Morgan fingerprint density at radius 1 is 1.13 bits per heavy atom. The lowest BCUT2D eigenvalue weighted by Gasteiger charge is -2.19. The van der Waals surface area contributed by atoms with Gasteiger partial charge in [-0.15, -0.1) is 0 Å². The Bertz CT molecular complexity index is 1260. The van der Waals surface area contributed by atoms with Gasteiger partial charge in [0.2, 0.25) is 5.91 Å². The van der Waals surface area contributed by atoms with Gasteiger partial charge in [0.15, 0.2) is 5.65 Å². The fourth-order valence-corrected chi connectivity index (χ4v) is 3.63. The maximum absolute atomic E-state index is 12.8. The molecular weight excluding hydrogens is 392 g/mol. The number of aromatic nitrogens is 3. The number of amides is 1. The smallest absolute Gasteiger partial charge is 0.272 e. The summed E-state index contributed by atoms with van der Waals surface area (Å²) in [4.78, 5) is 29.9. The van der Waals surface area contributed by atoms with Crippen LogP contribution in [0.5, 0.6) is 5.75 Å². The van der Waals surface area contributed by atoms with E-state index in [1.54, 1.807) is 7.11 Å². The molecule has 0 saturated heterocycles. The summed E-state index contributed by atoms with van der Waals surface area (Å²) in [6, 6.07) is 20.2. The number of aryl methyl sites for hydroxylation is 1. The molecule has 0 saturated carbocycles. The first kappa shape index (κ1) is 20.4. The van der Waals surface area contributed by atoms with Crippen molar-refractivity contribution in [3.63, 3.8) is 0 Å². The number of aromatic amines is 1. The van der Waals surface area contributed by atoms with Crippen LogP contribution in [-0.4, -0.2) is 27.6 Å². The predicted octanol–water partition coefficient (Wildman–Crippen LogP) is 2.98. The number of carbonyl (C=O) groups is 1. The van der Waals surface area contributed by atoms with Crippen molar-refractivity contribution < 1.29 is 9.53 Å². The van der Waals surface area contributed by atoms with Crippen molar-refractivity contribution in [2.24, 2.45) is 0 Å². The molecule has 0 aliphatic carbocycles. The first-order valence-electron chi connectivity index (χ1n) is 10.1. The average molecular weight is 416 g/mol. The van der Waals surface area contributed by atoms with E-state index in [0.717, 1.165) is 16.8 Å². The van der Waals surface area contributed by atoms with Crippen LogP contribution in [0.2, 0.25) is 0 Å². The van der Waals surface area contributed by atoms with Gasteiger partial charge in [-0.05, 0) is 30.2 Å². The van der Waals surface area contributed by atoms with E-state index in [1.807, 2.05) is 67.6 Å². The van der Waals surface area contributed by atoms with Gasteiger partial charge >= 0.3 is 0 Å². The third kappa shape index (κ3) is 4.83. The third-order valence-corrected chi connectivity index (χ3v) is 5.08. The van der Waals surface area contributed by atoms with Gasteiger partial charge in [0, 0.05) is 24.2 Å². The van der Waals surface area contributed by atoms with E-state index in [2.05, 4.69) is 15.4 Å². The van der Waals surface area contributed by atoms with Gasteiger partial charge in [0.1, 0.15) is 5.75 Å². The SMILES string of the molecule is COc1cccc(CC(=O)N[C@@H](Cc2cc(=O)n3[nH]c(C)cc3n2)c2ccccc2)c1. The van der Waals surface area contributed by atoms with Gasteiger partial charge in [0.25, 0.3) is 5.56 Å². The van der Waals surface area contributed by atoms with E-state index in [-0.39, 0.29) is 23.9 Å². The van der Waals surface area contributed by atoms with Crippen LogP contribution in [0.3, 0.4) is 0 Å². The molecular formula is C24H24N4O3. The highest BCUT2D eigenvalue weighted by molar-refractivity contribution is 5.79. The summed E-state index contributed by atoms with van der Waals surface area (Å²) in [6.45, 7) is 1.87. The molecule has 0 aliphatic rings. The Kier molecular flexibility index (Phi) is 5.84. The molecule has 2 N–H and O–H groups in total. The Morgan fingerprint density at radius 3 is 2.71 bits per heavy atom. The molecule has 0 bridgehead atoms. The summed E-state index contributed by atoms with van der Waals surface area (Å²) in [7, 11) is 1.60. The molecule has 7 heteroatoms. The lowest BCUT2D eigenvalue weighted by molar-refractivity contribution is -0.121. The minimum atomic E-state index is -0.311. The zero-order chi connectivity index (χ0) is 21.8. The van der Waals surface area contributed by atoms with Gasteiger partial charge in [-0.25, -0.2) is 9.50 Å². The summed E-state index contributed by atoms with van der Waals surface area (Å²) < 4.78 is 6.65. The molecule has 1 atom stereocenters. The second-order valence-electron chi connectivity index (χ2n) is 7.48. The van der Waals surface area contributed by atoms with Crippen molar-refractivity contribution in [3.05, 3.63) is 99.6 Å². The van der Waals surface area contributed by atoms with Crippen molar-refractivity contribution in [1.82, 2.24) is 19.9 Å². The monoisotopic (exact) mass is 416 g/mol. The highest BCUT2D eigenvalue weighted by atomic mass is 16.5. The van der Waals surface area contributed by atoms with E-state index in [1.165, 1.54) is 10.6 Å². The Labute approximate surface area is 179 Å². The number of ether oxygens (including phenoxy) is 1. The minimum Gasteiger partial charge on any atom is -0.497 e. The third-order valence-electron chi connectivity index (χ3n) is 5.08. The number of H-pyrrole nitrogens is 1. The maximum atomic E-state index is 12.8. The molecule has 0 unspecified atom stereocenters. The molecule has 0 radical (unpaired) electrons. The molecule has 1 amide bonds. The van der Waals surface area contributed by atoms with Crippen LogP contribution < -0.4 is 15.6 Å². The number of hydrogen-bond donors (Lipinski definition) is 2. The molecule has 158 valence electrons. The first-order chi connectivity index (χ1) is 15.0. The molecule has 7 nitrogen and oxygen atoms in total. The van der Waals surface area contributed by atoms with Crippen LogP contribution in [-0.2, 0) is 17.6 Å². The van der Waals surface area contributed by atoms with Gasteiger partial charge in [0.05, 0.1) is 25.3 Å². The second-order valence-corrected chi connectivity index (χ2v) is 7.48. The van der Waals surface area contributed by atoms with Crippen molar-refractivity contribution in [2.75, 3.05) is 7.11 Å². The Balaban J connectivity index is 1.58. The molecule has 2 heterocycles. The topological polar surface area (TPSA) is 88.5 Å². The summed E-state index contributed by atoms with van der Waals surface area (Å²) in [5.41, 5.74) is 3.68. The summed E-state index contributed by atoms with van der Waals surface area (Å²) >= 11 is 0. The number of carbonyl (C=O) groups excluding carboxylic acids is 1. The fraction of sp³-hybridized carbons (Fsp3) is 0.208. The van der Waals surface area contributed by atoms with Crippen LogP contribution >= 0.6 is 0 Å². The van der Waals surface area contributed by atoms with Gasteiger partial charge in [-0.2, -0.15) is 0 Å². The predicted molar refractivity (Wildman–Crippen MR) is 118 cm³/mol. The van der Waals surface area contributed by atoms with Gasteiger partial charge in [-0.3, -0.25) is 14.7 Å². The number of rotatable bonds is 7. The lowest BCUT2D eigenvalue weighted by atomic mass is 10.0. The highest BCUT2D eigenvalue weighted by Gasteiger charge is 2.18. The van der Waals surface area contributed by atoms with Gasteiger partial charge < -0.3 is 10.1 Å². The molecule has 4 aromatic rings. The van der Waals surface area contributed by atoms with Crippen molar-refractivity contribution >= 4 is 11.6 Å². The number of methoxy groups -OCH3 is 1. The number of nitrogens with zero attached hydrogens (tertiary/aromatic N) is 2. The van der Waals surface area contributed by atoms with Crippen molar-refractivity contribution in [3.8, 4) is 5.75 Å². The molecule has 0 aliphatic heterocycles. The average Bonchev–Trinajstić information content (AvgIpc) is 3.15. The zero-order valence-electron chi connectivity index (χ0n) is 17.5. The number of nitrogens with one attached hydrogen (secondary N) is 2. The first-order valence-corrected chi connectivity index (χ1v) is 10.1. The summed E-state index contributed by atoms with van der Waals surface area (Å²) in [6.07, 6.45) is 0.635. The second kappa shape index (κ2) is 8.87. The molecule has 2 aromatic carbocycles. The van der Waals surface area contributed by atoms with Crippen LogP contribution in [0.1, 0.15) is 28.6 Å². The normalized spacial score (nSPS) is 11.9. The standard InChI is InChI=1S/C24H24N4O3/c1-16-11-22-25-19(15-24(30)28(22)27-16)14-21(18-8-4-3-5-9-18)26-23(29)13-17-7-6-10-20(12-17)31-2/h3-12,15,21,27H,13-14H2,1-2H3,(H,26,29)/t21-/m0/s1. The summed E-state index contributed by atoms with van der Waals surface area (Å²) in [5.74, 6) is 0.599. The molecule has 0 spiro atoms. The molecule has 2 aromatic heterocycles. The van der Waals surface area contributed by atoms with Crippen molar-refractivity contribution in [2.45, 2.75) is 25.8 Å². The lowest BCUT2D eigenvalue weighted by Crippen LogP contribution is -2.31. The van der Waals surface area contributed by atoms with Crippen molar-refractivity contribution in [1.29, 1.82) is 0 Å². The zero-order valence-corrected chi connectivity index (χ0v) is 17.5. The van der Waals surface area contributed by atoms with Crippen LogP contribution in [0.25, 0.3) is 5.65 Å². The van der Waals surface area contributed by atoms with Crippen LogP contribution in [0.15, 0.2) is 71.5 Å². The molecule has 0 fully saturated rings. The number of hydrogen-bond acceptors (Lipinski definition) is 4. The van der Waals surface area contributed by atoms with E-state index < -0.39 is 0 Å². The maximum Gasteiger partial charge on any atom is 0.272 e. The van der Waals surface area contributed by atoms with Gasteiger partial charge in [-0.1, -0.05) is 42.5 Å². The van der Waals surface area contributed by atoms with Crippen LogP contribution in [0.4, 0.5) is 0 Å². The van der Waals surface area contributed by atoms with E-state index in [4.69, 9.17) is 4.74 Å². The quantitative estimate of drug-likeness (QED) is 0.485. The molecule has 31 heavy (non-hydrogen) atoms. The minimum absolute atomic E-state index is 0.114. The number of benzene rings is 2. The van der Waals surface area contributed by atoms with Crippen LogP contribution in [0, 0.1) is 6.92 Å². The van der Waals surface area contributed by atoms with E-state index in [0.29, 0.717) is 23.5 Å². The van der Waals surface area contributed by atoms with E-state index in [9.17, 15) is 9.59 Å².